The molecule has 20 aliphatic rings. The van der Waals surface area contributed by atoms with Gasteiger partial charge in [-0.25, -0.2) is 0 Å². The Labute approximate surface area is 446 Å². The molecule has 26 bridgehead atoms. The Hall–Kier alpha value is -9.32. The van der Waals surface area contributed by atoms with Crippen LogP contribution in [0, 0.1) is 0 Å². The van der Waals surface area contributed by atoms with Gasteiger partial charge in [0.15, 0.2) is 0 Å². The lowest BCUT2D eigenvalue weighted by molar-refractivity contribution is 0.0418. The standard InChI is InChI=1S/C62H42N6O12/c69-51-29-17-13-25-27-15-19-31-50-32-20-16-28(48(27)50)26-14-18-30(49(29)47(25)26)52(70)63(51)41-7-1-3-9-43(41)65-55(73)33-21-37-38(22-34(33)56(65)74)60(78)67(59(37)77)45-11-5-6-12-46(45)68-61(79)39-23-35-36(24-40(39)62(68)80)58(76)66(57(35)75)44-10-4-2-8-42(44)64(53(31)71)54(32)72/h13-24,41-46H,1-12H2/t41-,42-,43-,44-,45-,46-/m0/s1. The molecule has 21 heterocycles. The van der Waals surface area contributed by atoms with Crippen LogP contribution in [0.5, 0.6) is 0 Å². The highest BCUT2D eigenvalue weighted by atomic mass is 16.2. The van der Waals surface area contributed by atoms with E-state index in [1.807, 2.05) is 0 Å². The van der Waals surface area contributed by atoms with E-state index >= 15 is 19.2 Å². The highest BCUT2D eigenvalue weighted by molar-refractivity contribution is 6.41. The highest BCUT2D eigenvalue weighted by Crippen LogP contribution is 2.48. The fraction of sp³-hybridized carbons (Fsp3) is 0.290. The molecule has 0 radical (unpaired) electrons. The topological polar surface area (TPSA) is 231 Å². The van der Waals surface area contributed by atoms with Crippen molar-refractivity contribution in [3.8, 4) is 0 Å². The highest BCUT2D eigenvalue weighted by Gasteiger charge is 2.47. The first-order valence-electron chi connectivity index (χ1n) is 27.6. The second-order valence-electron chi connectivity index (χ2n) is 23.2. The minimum absolute atomic E-state index is 0.116. The van der Waals surface area contributed by atoms with Gasteiger partial charge in [-0.05, 0) is 119 Å². The van der Waals surface area contributed by atoms with Crippen LogP contribution in [0.4, 0.5) is 0 Å². The zero-order chi connectivity index (χ0) is 54.4. The first-order chi connectivity index (χ1) is 38.7. The summed E-state index contributed by atoms with van der Waals surface area (Å²) in [7, 11) is 0. The fourth-order valence-electron chi connectivity index (χ4n) is 16.2. The zero-order valence-electron chi connectivity index (χ0n) is 42.5. The smallest absolute Gasteiger partial charge is 0.261 e. The Kier molecular flexibility index (Phi) is 8.72. The molecule has 0 unspecified atom stereocenters. The molecule has 392 valence electrons. The van der Waals surface area contributed by atoms with Crippen LogP contribution in [0.2, 0.25) is 0 Å². The number of benzene rings is 7. The van der Waals surface area contributed by atoms with E-state index in [0.717, 1.165) is 18.3 Å². The number of aromatic nitrogens is 4. The normalized spacial score (nSPS) is 23.1. The van der Waals surface area contributed by atoms with Crippen LogP contribution in [0.15, 0.2) is 111 Å². The zero-order valence-corrected chi connectivity index (χ0v) is 42.5. The summed E-state index contributed by atoms with van der Waals surface area (Å²) >= 11 is 0. The van der Waals surface area contributed by atoms with Crippen molar-refractivity contribution in [1.82, 2.24) is 28.1 Å². The summed E-state index contributed by atoms with van der Waals surface area (Å²) in [6, 6.07) is 13.1. The molecule has 17 aliphatic heterocycles. The average Bonchev–Trinajstić information content (AvgIpc) is 4.19. The van der Waals surface area contributed by atoms with Gasteiger partial charge in [-0.1, -0.05) is 62.8 Å². The van der Waals surface area contributed by atoms with E-state index in [4.69, 9.17) is 0 Å². The number of nitrogens with zero attached hydrogens (tertiary/aromatic N) is 6. The molecule has 3 fully saturated rings. The molecule has 3 aliphatic carbocycles. The van der Waals surface area contributed by atoms with E-state index in [2.05, 4.69) is 0 Å². The SMILES string of the molecule is O=C1c2ccc3c4ccc5c6c7ccc(c8ccc(c2c38)C(=O)N1[C@H]1CCCC[C@@H]1n1c(=O)c2cc3c(=O)n(c(=O)c3cc2c1=O)[C@H]1CCCC[C@@H]1n1c(=O)c2cc3c(=O)n(c(=O)c3cc2c1=O)[C@H]1CCCC[C@@H]1N(C5=O)C7=O)c64. The molecule has 4 amide bonds. The van der Waals surface area contributed by atoms with E-state index in [-0.39, 0.29) is 104 Å². The van der Waals surface area contributed by atoms with Crippen molar-refractivity contribution < 1.29 is 19.2 Å². The van der Waals surface area contributed by atoms with E-state index in [1.165, 1.54) is 34.1 Å². The third-order valence-corrected chi connectivity index (χ3v) is 19.7. The van der Waals surface area contributed by atoms with Crippen LogP contribution >= 0.6 is 0 Å². The molecule has 0 N–H and O–H groups in total. The molecule has 18 nitrogen and oxygen atoms in total. The van der Waals surface area contributed by atoms with Crippen molar-refractivity contribution in [3.63, 3.8) is 0 Å². The van der Waals surface area contributed by atoms with Gasteiger partial charge in [0, 0.05) is 33.0 Å². The first-order valence-corrected chi connectivity index (χ1v) is 27.6. The minimum Gasteiger partial charge on any atom is -0.269 e. The van der Waals surface area contributed by atoms with Gasteiger partial charge < -0.3 is 0 Å². The minimum atomic E-state index is -1.02. The van der Waals surface area contributed by atoms with Crippen LogP contribution in [0.25, 0.3) is 86.2 Å². The molecule has 7 aromatic carbocycles. The average molecular weight is 1060 g/mol. The summed E-state index contributed by atoms with van der Waals surface area (Å²) < 4.78 is 4.16. The van der Waals surface area contributed by atoms with Gasteiger partial charge in [-0.3, -0.25) is 85.6 Å². The van der Waals surface area contributed by atoms with Crippen molar-refractivity contribution >= 4 is 110 Å². The summed E-state index contributed by atoms with van der Waals surface area (Å²) in [5.41, 5.74) is -5.09. The molecule has 11 aromatic rings. The molecule has 4 aromatic heterocycles. The maximum atomic E-state index is 15.1. The predicted octanol–water partition coefficient (Wildman–Crippen LogP) is 6.42. The lowest BCUT2D eigenvalue weighted by atomic mass is 9.80. The fourth-order valence-corrected chi connectivity index (χ4v) is 16.2. The summed E-state index contributed by atoms with van der Waals surface area (Å²) in [6.45, 7) is 0. The summed E-state index contributed by atoms with van der Waals surface area (Å²) in [5.74, 6) is -2.39. The lowest BCUT2D eigenvalue weighted by Gasteiger charge is -2.41. The third kappa shape index (κ3) is 5.30. The van der Waals surface area contributed by atoms with Crippen molar-refractivity contribution in [1.29, 1.82) is 0 Å². The molecule has 31 rings (SSSR count). The summed E-state index contributed by atoms with van der Waals surface area (Å²) in [5, 5.41) is 3.83. The van der Waals surface area contributed by atoms with Gasteiger partial charge in [-0.15, -0.1) is 0 Å². The Balaban J connectivity index is 0.922. The number of amides is 4. The molecule has 80 heavy (non-hydrogen) atoms. The number of hydrogen-bond acceptors (Lipinski definition) is 12. The van der Waals surface area contributed by atoms with E-state index in [1.54, 1.807) is 48.5 Å². The molecule has 0 saturated heterocycles. The number of rotatable bonds is 0. The molecular weight excluding hydrogens is 1020 g/mol. The van der Waals surface area contributed by atoms with E-state index < -0.39 is 104 Å². The molecule has 18 heteroatoms. The van der Waals surface area contributed by atoms with Gasteiger partial charge in [0.1, 0.15) is 0 Å². The number of imide groups is 2. The predicted molar refractivity (Wildman–Crippen MR) is 298 cm³/mol. The van der Waals surface area contributed by atoms with Crippen molar-refractivity contribution in [2.24, 2.45) is 0 Å². The maximum absolute atomic E-state index is 15.1. The van der Waals surface area contributed by atoms with Gasteiger partial charge in [0.05, 0.1) is 79.3 Å². The lowest BCUT2D eigenvalue weighted by Crippen LogP contribution is -2.53. The van der Waals surface area contributed by atoms with Crippen LogP contribution in [0.3, 0.4) is 0 Å². The van der Waals surface area contributed by atoms with Crippen molar-refractivity contribution in [3.05, 3.63) is 178 Å². The Morgan fingerprint density at radius 1 is 0.237 bits per heavy atom. The summed E-state index contributed by atoms with van der Waals surface area (Å²) in [4.78, 5) is 181. The largest absolute Gasteiger partial charge is 0.269 e. The van der Waals surface area contributed by atoms with Crippen molar-refractivity contribution in [2.45, 2.75) is 113 Å². The van der Waals surface area contributed by atoms with Crippen LogP contribution in [-0.2, 0) is 0 Å². The van der Waals surface area contributed by atoms with E-state index in [9.17, 15) is 38.4 Å². The molecule has 3 saturated carbocycles. The van der Waals surface area contributed by atoms with Gasteiger partial charge in [-0.2, -0.15) is 0 Å². The van der Waals surface area contributed by atoms with Gasteiger partial charge in [0.2, 0.25) is 0 Å². The second-order valence-corrected chi connectivity index (χ2v) is 23.2. The summed E-state index contributed by atoms with van der Waals surface area (Å²) in [6.07, 6.45) is 4.91. The maximum Gasteiger partial charge on any atom is 0.261 e. The Bertz CT molecular complexity index is 4720. The van der Waals surface area contributed by atoms with Gasteiger partial charge >= 0.3 is 0 Å². The van der Waals surface area contributed by atoms with Crippen LogP contribution in [0.1, 0.15) is 143 Å². The van der Waals surface area contributed by atoms with Gasteiger partial charge in [0.25, 0.3) is 68.1 Å². The third-order valence-electron chi connectivity index (χ3n) is 19.7. The molecular formula is C62H42N6O12. The number of hydrogen-bond donors (Lipinski definition) is 0. The van der Waals surface area contributed by atoms with Crippen molar-refractivity contribution in [2.75, 3.05) is 0 Å². The second kappa shape index (κ2) is 15.3. The van der Waals surface area contributed by atoms with E-state index in [0.29, 0.717) is 81.6 Å². The quantitative estimate of drug-likeness (QED) is 0.0910. The monoisotopic (exact) mass is 1060 g/mol. The Morgan fingerprint density at radius 2 is 0.438 bits per heavy atom. The first kappa shape index (κ1) is 45.7. The van der Waals surface area contributed by atoms with Crippen LogP contribution < -0.4 is 44.5 Å². The number of carbonyl (C=O) groups is 4. The molecule has 0 spiro atoms. The number of carbonyl (C=O) groups excluding carboxylic acids is 4. The van der Waals surface area contributed by atoms with Crippen LogP contribution in [-0.4, -0.2) is 63.8 Å². The molecule has 6 atom stereocenters. The Morgan fingerprint density at radius 3 is 0.662 bits per heavy atom.